The van der Waals surface area contributed by atoms with E-state index >= 15 is 4.39 Å². The lowest BCUT2D eigenvalue weighted by Crippen LogP contribution is -2.52. The van der Waals surface area contributed by atoms with Gasteiger partial charge in [0.05, 0.1) is 28.8 Å². The molecule has 10 rings (SSSR count). The number of imide groups is 1. The third-order valence-electron chi connectivity index (χ3n) is 15.5. The molecule has 1 aromatic heterocycles. The van der Waals surface area contributed by atoms with Gasteiger partial charge in [0, 0.05) is 90.5 Å². The van der Waals surface area contributed by atoms with Crippen molar-refractivity contribution < 1.29 is 49.9 Å². The minimum absolute atomic E-state index is 0.0195. The van der Waals surface area contributed by atoms with Crippen molar-refractivity contribution in [3.05, 3.63) is 111 Å². The monoisotopic (exact) mass is 1030 g/mol. The van der Waals surface area contributed by atoms with E-state index in [9.17, 15) is 40.8 Å². The number of benzene rings is 3. The molecule has 0 radical (unpaired) electrons. The van der Waals surface area contributed by atoms with E-state index in [4.69, 9.17) is 16.3 Å². The predicted molar refractivity (Wildman–Crippen MR) is 258 cm³/mol. The molecule has 2 spiro atoms. The molecule has 1 aliphatic carbocycles. The first kappa shape index (κ1) is 49.5. The Morgan fingerprint density at radius 1 is 1.04 bits per heavy atom. The number of fused-ring (bicyclic) bond motifs is 3. The molecular formula is C52H52ClF4N7O7S. The average Bonchev–Trinajstić information content (AvgIpc) is 3.54. The number of sulfonamides is 1. The standard InChI is InChI=1S/C52H52ClF4N7O7S/c1-49(2,3)24-41-51(27-59-37-22-40(52(55,56)57)58-25-34(37)51)43(32-9-6-10-35(53)44(32)54)45(61-41)47(67)60-36-14-13-30(21-39(36)71-4)72(69,70)63-19-17-50(18-20-63)23-29(50)12-11-28-7-5-8-31-33(28)26-64(48(31)68)38-15-16-42(65)62-46(38)66/h5-10,13-14,21-22,25,29,38,41,43,45,59,61H,15-20,23-24,26-27H2,1-4H3,(H,60,67)(H,62,65,66)/t29-,38-,41-,43-,45+,51-/m0/s1. The zero-order valence-electron chi connectivity index (χ0n) is 39.8. The van der Waals surface area contributed by atoms with Crippen LogP contribution in [0.5, 0.6) is 5.75 Å². The number of pyridine rings is 1. The van der Waals surface area contributed by atoms with Crippen molar-refractivity contribution >= 4 is 56.6 Å². The summed E-state index contributed by atoms with van der Waals surface area (Å²) < 4.78 is 93.6. The summed E-state index contributed by atoms with van der Waals surface area (Å²) in [6.07, 6.45) is -0.782. The Morgan fingerprint density at radius 3 is 2.50 bits per heavy atom. The molecule has 4 aromatic rings. The van der Waals surface area contributed by atoms with Crippen LogP contribution in [0.2, 0.25) is 5.02 Å². The SMILES string of the molecule is COc1cc(S(=O)(=O)N2CCC3(CC2)C[C@@H]3C#Cc2cccc3c2CN([C@H]2CCC(=O)NC2=O)C3=O)ccc1NC(=O)[C@@H]1N[C@@H](CC(C)(C)C)[C@@]2(CNc3cc(C(F)(F)F)ncc32)[C@H]1c1cccc(Cl)c1F. The van der Waals surface area contributed by atoms with Gasteiger partial charge >= 0.3 is 6.18 Å². The van der Waals surface area contributed by atoms with Gasteiger partial charge in [-0.2, -0.15) is 17.5 Å². The zero-order chi connectivity index (χ0) is 51.3. The fourth-order valence-electron chi connectivity index (χ4n) is 11.8. The second kappa shape index (κ2) is 17.8. The second-order valence-electron chi connectivity index (χ2n) is 21.0. The minimum atomic E-state index is -4.72. The van der Waals surface area contributed by atoms with E-state index in [2.05, 4.69) is 38.1 Å². The summed E-state index contributed by atoms with van der Waals surface area (Å²) in [6.45, 7) is 6.72. The normalized spacial score (nSPS) is 25.7. The predicted octanol–water partition coefficient (Wildman–Crippen LogP) is 7.37. The maximum absolute atomic E-state index is 16.3. The molecule has 1 saturated carbocycles. The van der Waals surface area contributed by atoms with Crippen LogP contribution in [0.4, 0.5) is 28.9 Å². The number of nitrogens with zero attached hydrogens (tertiary/aromatic N) is 3. The molecule has 4 amide bonds. The van der Waals surface area contributed by atoms with Gasteiger partial charge in [-0.3, -0.25) is 29.5 Å². The van der Waals surface area contributed by atoms with Crippen LogP contribution in [-0.4, -0.2) is 91.1 Å². The maximum atomic E-state index is 16.3. The summed E-state index contributed by atoms with van der Waals surface area (Å²) in [4.78, 5) is 57.7. The van der Waals surface area contributed by atoms with Gasteiger partial charge in [-0.1, -0.05) is 62.4 Å². The van der Waals surface area contributed by atoms with Gasteiger partial charge in [-0.15, -0.1) is 0 Å². The molecule has 72 heavy (non-hydrogen) atoms. The van der Waals surface area contributed by atoms with Crippen molar-refractivity contribution in [3.8, 4) is 17.6 Å². The smallest absolute Gasteiger partial charge is 0.433 e. The van der Waals surface area contributed by atoms with E-state index in [0.717, 1.165) is 24.2 Å². The van der Waals surface area contributed by atoms with Crippen LogP contribution in [-0.2, 0) is 42.5 Å². The first-order chi connectivity index (χ1) is 34.0. The number of aromatic nitrogens is 1. The first-order valence-corrected chi connectivity index (χ1v) is 25.7. The highest BCUT2D eigenvalue weighted by atomic mass is 35.5. The summed E-state index contributed by atoms with van der Waals surface area (Å²) in [6, 6.07) is 12.3. The Kier molecular flexibility index (Phi) is 12.3. The van der Waals surface area contributed by atoms with E-state index in [0.29, 0.717) is 36.0 Å². The fraction of sp³-hybridized carbons (Fsp3) is 0.442. The summed E-state index contributed by atoms with van der Waals surface area (Å²) >= 11 is 6.36. The average molecular weight is 1030 g/mol. The first-order valence-electron chi connectivity index (χ1n) is 23.8. The molecule has 4 N–H and O–H groups in total. The molecule has 5 aliphatic heterocycles. The Balaban J connectivity index is 0.855. The maximum Gasteiger partial charge on any atom is 0.433 e. The molecule has 14 nitrogen and oxygen atoms in total. The van der Waals surface area contributed by atoms with Crippen LogP contribution in [0, 0.1) is 34.4 Å². The number of alkyl halides is 3. The number of hydrogen-bond donors (Lipinski definition) is 4. The van der Waals surface area contributed by atoms with Crippen LogP contribution in [0.25, 0.3) is 0 Å². The molecular weight excluding hydrogens is 978 g/mol. The van der Waals surface area contributed by atoms with E-state index in [-0.39, 0.29) is 100 Å². The van der Waals surface area contributed by atoms with Gasteiger partial charge in [-0.05, 0) is 90.5 Å². The Morgan fingerprint density at radius 2 is 1.79 bits per heavy atom. The van der Waals surface area contributed by atoms with Crippen molar-refractivity contribution in [2.75, 3.05) is 37.4 Å². The van der Waals surface area contributed by atoms with Crippen molar-refractivity contribution in [2.45, 2.75) is 106 Å². The van der Waals surface area contributed by atoms with Gasteiger partial charge in [0.15, 0.2) is 0 Å². The highest BCUT2D eigenvalue weighted by Crippen LogP contribution is 2.60. The van der Waals surface area contributed by atoms with Crippen LogP contribution in [0.1, 0.15) is 104 Å². The summed E-state index contributed by atoms with van der Waals surface area (Å²) in [5.41, 5.74) is -0.131. The number of hydrogen-bond acceptors (Lipinski definition) is 10. The number of nitrogens with one attached hydrogen (secondary N) is 4. The lowest BCUT2D eigenvalue weighted by molar-refractivity contribution is -0.141. The third kappa shape index (κ3) is 8.56. The molecule has 6 aliphatic rings. The molecule has 6 heterocycles. The number of rotatable bonds is 8. The number of carbonyl (C=O) groups excluding carboxylic acids is 4. The number of piperidine rings is 2. The van der Waals surface area contributed by atoms with Crippen LogP contribution in [0.3, 0.4) is 0 Å². The molecule has 3 saturated heterocycles. The Bertz CT molecular complexity index is 3130. The van der Waals surface area contributed by atoms with E-state index in [1.54, 1.807) is 18.2 Å². The molecule has 3 aromatic carbocycles. The molecule has 0 bridgehead atoms. The van der Waals surface area contributed by atoms with E-state index in [1.165, 1.54) is 46.6 Å². The molecule has 0 unspecified atom stereocenters. The lowest BCUT2D eigenvalue weighted by Gasteiger charge is -2.39. The topological polar surface area (TPSA) is 179 Å². The van der Waals surface area contributed by atoms with Gasteiger partial charge in [0.1, 0.15) is 23.3 Å². The number of amides is 4. The minimum Gasteiger partial charge on any atom is -0.495 e. The fourth-order valence-corrected chi connectivity index (χ4v) is 13.4. The van der Waals surface area contributed by atoms with Gasteiger partial charge < -0.3 is 25.6 Å². The molecule has 378 valence electrons. The van der Waals surface area contributed by atoms with Gasteiger partial charge in [0.25, 0.3) is 5.91 Å². The Labute approximate surface area is 419 Å². The van der Waals surface area contributed by atoms with Crippen LogP contribution >= 0.6 is 11.6 Å². The Hall–Kier alpha value is -6.07. The van der Waals surface area contributed by atoms with Crippen molar-refractivity contribution in [1.29, 1.82) is 0 Å². The van der Waals surface area contributed by atoms with Crippen LogP contribution < -0.4 is 26.0 Å². The lowest BCUT2D eigenvalue weighted by atomic mass is 9.63. The summed E-state index contributed by atoms with van der Waals surface area (Å²) in [5.74, 6) is 3.20. The third-order valence-corrected chi connectivity index (χ3v) is 17.7. The zero-order valence-corrected chi connectivity index (χ0v) is 41.4. The number of halogens is 5. The van der Waals surface area contributed by atoms with Crippen molar-refractivity contribution in [1.82, 2.24) is 24.8 Å². The highest BCUT2D eigenvalue weighted by molar-refractivity contribution is 7.89. The number of ether oxygens (including phenoxy) is 1. The second-order valence-corrected chi connectivity index (χ2v) is 23.3. The largest absolute Gasteiger partial charge is 0.495 e. The van der Waals surface area contributed by atoms with E-state index in [1.807, 2.05) is 26.8 Å². The number of anilines is 2. The van der Waals surface area contributed by atoms with Crippen molar-refractivity contribution in [3.63, 3.8) is 0 Å². The molecule has 6 atom stereocenters. The molecule has 4 fully saturated rings. The number of carbonyl (C=O) groups is 4. The summed E-state index contributed by atoms with van der Waals surface area (Å²) in [5, 5.41) is 11.6. The van der Waals surface area contributed by atoms with Crippen molar-refractivity contribution in [2.24, 2.45) is 16.7 Å². The molecule has 20 heteroatoms. The van der Waals surface area contributed by atoms with Gasteiger partial charge in [0.2, 0.25) is 27.7 Å². The van der Waals surface area contributed by atoms with E-state index < -0.39 is 69.0 Å². The number of methoxy groups -OCH3 is 1. The quantitative estimate of drug-likeness (QED) is 0.0792. The summed E-state index contributed by atoms with van der Waals surface area (Å²) in [7, 11) is -2.71. The van der Waals surface area contributed by atoms with Gasteiger partial charge in [-0.25, -0.2) is 12.8 Å². The van der Waals surface area contributed by atoms with Crippen LogP contribution in [0.15, 0.2) is 71.8 Å². The highest BCUT2D eigenvalue weighted by Gasteiger charge is 2.62.